The lowest BCUT2D eigenvalue weighted by atomic mass is 9.97. The van der Waals surface area contributed by atoms with Crippen molar-refractivity contribution in [3.63, 3.8) is 0 Å². The maximum absolute atomic E-state index is 13.7. The third kappa shape index (κ3) is 2.72. The molecule has 0 atom stereocenters. The highest BCUT2D eigenvalue weighted by Crippen LogP contribution is 2.21. The molecule has 0 saturated heterocycles. The Morgan fingerprint density at radius 1 is 1.10 bits per heavy atom. The number of nitrogens with two attached hydrogens (primary N) is 1. The van der Waals surface area contributed by atoms with E-state index in [2.05, 4.69) is 13.8 Å². The van der Waals surface area contributed by atoms with Crippen LogP contribution in [0.2, 0.25) is 0 Å². The Hall–Kier alpha value is -2.16. The number of carbonyl (C=O) groups is 1. The first-order chi connectivity index (χ1) is 9.40. The molecule has 2 nitrogen and oxygen atoms in total. The van der Waals surface area contributed by atoms with E-state index in [0.29, 0.717) is 22.7 Å². The van der Waals surface area contributed by atoms with E-state index in [9.17, 15) is 9.18 Å². The number of ketones is 1. The van der Waals surface area contributed by atoms with Crippen LogP contribution >= 0.6 is 0 Å². The maximum Gasteiger partial charge on any atom is 0.193 e. The van der Waals surface area contributed by atoms with Crippen LogP contribution in [0.15, 0.2) is 36.4 Å². The molecule has 0 unspecified atom stereocenters. The standard InChI is InChI=1S/C17H18FNO/c1-10(2)12-4-6-13(7-5-12)17(20)14-8-15(18)11(3)16(19)9-14/h4-10H,19H2,1-3H3. The zero-order valence-electron chi connectivity index (χ0n) is 11.9. The molecule has 20 heavy (non-hydrogen) atoms. The lowest BCUT2D eigenvalue weighted by Gasteiger charge is -2.08. The fourth-order valence-corrected chi connectivity index (χ4v) is 2.02. The van der Waals surface area contributed by atoms with Crippen molar-refractivity contribution in [2.45, 2.75) is 26.7 Å². The van der Waals surface area contributed by atoms with Gasteiger partial charge in [-0.1, -0.05) is 38.1 Å². The summed E-state index contributed by atoms with van der Waals surface area (Å²) in [6.45, 7) is 5.77. The number of rotatable bonds is 3. The monoisotopic (exact) mass is 271 g/mol. The molecular formula is C17H18FNO. The van der Waals surface area contributed by atoms with E-state index < -0.39 is 5.82 Å². The molecular weight excluding hydrogens is 253 g/mol. The fourth-order valence-electron chi connectivity index (χ4n) is 2.02. The third-order valence-corrected chi connectivity index (χ3v) is 3.49. The second-order valence-corrected chi connectivity index (χ2v) is 5.28. The summed E-state index contributed by atoms with van der Waals surface area (Å²) in [5.74, 6) is -0.260. The zero-order chi connectivity index (χ0) is 14.9. The van der Waals surface area contributed by atoms with Gasteiger partial charge >= 0.3 is 0 Å². The van der Waals surface area contributed by atoms with Crippen molar-refractivity contribution < 1.29 is 9.18 Å². The Labute approximate surface area is 118 Å². The largest absolute Gasteiger partial charge is 0.398 e. The molecule has 0 aromatic heterocycles. The molecule has 0 radical (unpaired) electrons. The summed E-state index contributed by atoms with van der Waals surface area (Å²) in [6.07, 6.45) is 0. The fraction of sp³-hybridized carbons (Fsp3) is 0.235. The van der Waals surface area contributed by atoms with Gasteiger partial charge in [0.25, 0.3) is 0 Å². The molecule has 0 aliphatic carbocycles. The van der Waals surface area contributed by atoms with Gasteiger partial charge in [-0.15, -0.1) is 0 Å². The van der Waals surface area contributed by atoms with Gasteiger partial charge in [-0.2, -0.15) is 0 Å². The summed E-state index contributed by atoms with van der Waals surface area (Å²) in [5, 5.41) is 0. The Balaban J connectivity index is 2.36. The number of hydrogen-bond acceptors (Lipinski definition) is 2. The van der Waals surface area contributed by atoms with Gasteiger partial charge in [-0.25, -0.2) is 4.39 Å². The first-order valence-corrected chi connectivity index (χ1v) is 6.60. The molecule has 0 spiro atoms. The molecule has 0 bridgehead atoms. The first kappa shape index (κ1) is 14.3. The van der Waals surface area contributed by atoms with Crippen molar-refractivity contribution in [1.82, 2.24) is 0 Å². The Kier molecular flexibility index (Phi) is 3.89. The van der Waals surface area contributed by atoms with Crippen LogP contribution in [0.3, 0.4) is 0 Å². The smallest absolute Gasteiger partial charge is 0.193 e. The minimum Gasteiger partial charge on any atom is -0.398 e. The van der Waals surface area contributed by atoms with Gasteiger partial charge < -0.3 is 5.73 Å². The van der Waals surface area contributed by atoms with Gasteiger partial charge in [0.05, 0.1) is 0 Å². The van der Waals surface area contributed by atoms with Crippen LogP contribution in [0.4, 0.5) is 10.1 Å². The van der Waals surface area contributed by atoms with Crippen LogP contribution in [-0.4, -0.2) is 5.78 Å². The van der Waals surface area contributed by atoms with E-state index in [0.717, 1.165) is 5.56 Å². The predicted octanol–water partition coefficient (Wildman–Crippen LogP) is 4.07. The van der Waals surface area contributed by atoms with Gasteiger partial charge in [0.2, 0.25) is 0 Å². The number of carbonyl (C=O) groups excluding carboxylic acids is 1. The predicted molar refractivity (Wildman–Crippen MR) is 79.5 cm³/mol. The molecule has 0 fully saturated rings. The highest BCUT2D eigenvalue weighted by atomic mass is 19.1. The van der Waals surface area contributed by atoms with E-state index in [1.807, 2.05) is 12.1 Å². The molecule has 0 amide bonds. The van der Waals surface area contributed by atoms with Crippen LogP contribution in [-0.2, 0) is 0 Å². The highest BCUT2D eigenvalue weighted by Gasteiger charge is 2.13. The maximum atomic E-state index is 13.7. The molecule has 0 aliphatic rings. The molecule has 2 aromatic carbocycles. The van der Waals surface area contributed by atoms with Crippen LogP contribution in [0.1, 0.15) is 46.8 Å². The van der Waals surface area contributed by atoms with Crippen LogP contribution in [0, 0.1) is 12.7 Å². The van der Waals surface area contributed by atoms with Gasteiger partial charge in [-0.05, 0) is 30.5 Å². The SMILES string of the molecule is Cc1c(N)cc(C(=O)c2ccc(C(C)C)cc2)cc1F. The minimum absolute atomic E-state index is 0.217. The van der Waals surface area contributed by atoms with E-state index in [-0.39, 0.29) is 11.3 Å². The summed E-state index contributed by atoms with van der Waals surface area (Å²) in [6, 6.07) is 10.1. The van der Waals surface area contributed by atoms with E-state index in [4.69, 9.17) is 5.73 Å². The van der Waals surface area contributed by atoms with E-state index in [1.54, 1.807) is 19.1 Å². The summed E-state index contributed by atoms with van der Waals surface area (Å²) >= 11 is 0. The van der Waals surface area contributed by atoms with Crippen molar-refractivity contribution in [3.05, 3.63) is 64.5 Å². The van der Waals surface area contributed by atoms with Crippen LogP contribution in [0.25, 0.3) is 0 Å². The molecule has 2 rings (SSSR count). The zero-order valence-corrected chi connectivity index (χ0v) is 11.9. The Morgan fingerprint density at radius 2 is 1.70 bits per heavy atom. The van der Waals surface area contributed by atoms with Gasteiger partial charge in [0.1, 0.15) is 5.82 Å². The second kappa shape index (κ2) is 5.45. The van der Waals surface area contributed by atoms with Crippen molar-refractivity contribution in [1.29, 1.82) is 0 Å². The number of nitrogen functional groups attached to an aromatic ring is 1. The van der Waals surface area contributed by atoms with Crippen LogP contribution in [0.5, 0.6) is 0 Å². The van der Waals surface area contributed by atoms with E-state index >= 15 is 0 Å². The number of anilines is 1. The van der Waals surface area contributed by atoms with Gasteiger partial charge in [0.15, 0.2) is 5.78 Å². The topological polar surface area (TPSA) is 43.1 Å². The molecule has 0 saturated carbocycles. The summed E-state index contributed by atoms with van der Waals surface area (Å²) in [4.78, 5) is 12.3. The summed E-state index contributed by atoms with van der Waals surface area (Å²) < 4.78 is 13.7. The highest BCUT2D eigenvalue weighted by molar-refractivity contribution is 6.09. The second-order valence-electron chi connectivity index (χ2n) is 5.28. The number of benzene rings is 2. The average molecular weight is 271 g/mol. The Bertz CT molecular complexity index is 622. The van der Waals surface area contributed by atoms with Crippen molar-refractivity contribution in [2.75, 3.05) is 5.73 Å². The quantitative estimate of drug-likeness (QED) is 0.675. The summed E-state index contributed by atoms with van der Waals surface area (Å²) in [7, 11) is 0. The first-order valence-electron chi connectivity index (χ1n) is 6.60. The van der Waals surface area contributed by atoms with Crippen molar-refractivity contribution >= 4 is 11.5 Å². The molecule has 2 aromatic rings. The summed E-state index contributed by atoms with van der Waals surface area (Å²) in [5.41, 5.74) is 8.36. The average Bonchev–Trinajstić information content (AvgIpc) is 2.43. The molecule has 0 aliphatic heterocycles. The number of hydrogen-bond donors (Lipinski definition) is 1. The minimum atomic E-state index is -0.452. The lowest BCUT2D eigenvalue weighted by molar-refractivity contribution is 0.103. The Morgan fingerprint density at radius 3 is 2.20 bits per heavy atom. The lowest BCUT2D eigenvalue weighted by Crippen LogP contribution is -2.05. The number of halogens is 1. The van der Waals surface area contributed by atoms with Gasteiger partial charge in [0, 0.05) is 22.4 Å². The van der Waals surface area contributed by atoms with Crippen molar-refractivity contribution in [3.8, 4) is 0 Å². The third-order valence-electron chi connectivity index (χ3n) is 3.49. The van der Waals surface area contributed by atoms with E-state index in [1.165, 1.54) is 12.1 Å². The van der Waals surface area contributed by atoms with Crippen LogP contribution < -0.4 is 5.73 Å². The van der Waals surface area contributed by atoms with Crippen molar-refractivity contribution in [2.24, 2.45) is 0 Å². The molecule has 3 heteroatoms. The molecule has 104 valence electrons. The normalized spacial score (nSPS) is 10.8. The van der Waals surface area contributed by atoms with Gasteiger partial charge in [-0.3, -0.25) is 4.79 Å². The molecule has 0 heterocycles. The molecule has 2 N–H and O–H groups in total.